The second kappa shape index (κ2) is 10.3. The molecule has 194 valence electrons. The number of aryl methyl sites for hydroxylation is 1. The second-order valence-corrected chi connectivity index (χ2v) is 11.9. The van der Waals surface area contributed by atoms with Crippen LogP contribution in [-0.2, 0) is 10.0 Å². The fraction of sp³-hybridized carbons (Fsp3) is 0.276. The maximum absolute atomic E-state index is 13.5. The summed E-state index contributed by atoms with van der Waals surface area (Å²) in [5.41, 5.74) is 7.33. The van der Waals surface area contributed by atoms with Crippen LogP contribution < -0.4 is 11.1 Å². The van der Waals surface area contributed by atoms with E-state index in [2.05, 4.69) is 5.32 Å². The van der Waals surface area contributed by atoms with Gasteiger partial charge < -0.3 is 16.2 Å². The summed E-state index contributed by atoms with van der Waals surface area (Å²) < 4.78 is 28.2. The molecule has 0 radical (unpaired) electrons. The number of aliphatic hydroxyl groups excluding tert-OH is 1. The summed E-state index contributed by atoms with van der Waals surface area (Å²) in [5.74, 6) is -0.761. The Balaban J connectivity index is 1.74. The third kappa shape index (κ3) is 5.49. The molecular weight excluding hydrogens is 486 g/mol. The van der Waals surface area contributed by atoms with Gasteiger partial charge in [-0.25, -0.2) is 8.42 Å². The second-order valence-electron chi connectivity index (χ2n) is 9.96. The van der Waals surface area contributed by atoms with Gasteiger partial charge in [-0.15, -0.1) is 0 Å². The summed E-state index contributed by atoms with van der Waals surface area (Å²) in [7, 11) is -3.98. The van der Waals surface area contributed by atoms with Crippen molar-refractivity contribution < 1.29 is 18.3 Å². The van der Waals surface area contributed by atoms with Gasteiger partial charge in [0, 0.05) is 23.7 Å². The molecule has 2 atom stereocenters. The number of anilines is 1. The van der Waals surface area contributed by atoms with Crippen molar-refractivity contribution in [1.29, 1.82) is 0 Å². The molecule has 0 spiro atoms. The molecule has 0 aliphatic heterocycles. The van der Waals surface area contributed by atoms with Gasteiger partial charge in [0.1, 0.15) is 11.3 Å². The lowest BCUT2D eigenvalue weighted by Crippen LogP contribution is -2.41. The Labute approximate surface area is 218 Å². The van der Waals surface area contributed by atoms with Crippen LogP contribution in [-0.4, -0.2) is 35.8 Å². The number of nitrogens with one attached hydrogen (secondary N) is 1. The molecule has 0 bridgehead atoms. The van der Waals surface area contributed by atoms with Crippen molar-refractivity contribution in [2.45, 2.75) is 43.5 Å². The van der Waals surface area contributed by atoms with Crippen LogP contribution in [0.2, 0.25) is 0 Å². The Morgan fingerprint density at radius 3 is 2.32 bits per heavy atom. The number of nitrogen functional groups attached to an aromatic ring is 1. The highest BCUT2D eigenvalue weighted by Crippen LogP contribution is 2.55. The van der Waals surface area contributed by atoms with Crippen LogP contribution in [0.15, 0.2) is 95.7 Å². The number of nitrogens with two attached hydrogens (primary N) is 1. The van der Waals surface area contributed by atoms with Crippen molar-refractivity contribution in [3.63, 3.8) is 0 Å². The lowest BCUT2D eigenvalue weighted by molar-refractivity contribution is 0.0924. The molecule has 2 unspecified atom stereocenters. The average molecular weight is 520 g/mol. The first-order valence-corrected chi connectivity index (χ1v) is 13.7. The number of carbonyl (C=O) groups excluding carboxylic acids is 1. The SMILES string of the molecule is Cc1ccccc1C(=O)NC1(/C(O)=C/N(CC(C)C)S(=O)(=O)c2ccc(N)cc2)CC1c1ccccc1. The molecule has 1 amide bonds. The van der Waals surface area contributed by atoms with Crippen LogP contribution in [0.5, 0.6) is 0 Å². The highest BCUT2D eigenvalue weighted by Gasteiger charge is 2.59. The van der Waals surface area contributed by atoms with E-state index in [-0.39, 0.29) is 34.9 Å². The van der Waals surface area contributed by atoms with Gasteiger partial charge in [0.15, 0.2) is 0 Å². The molecule has 0 aromatic heterocycles. The Bertz CT molecular complexity index is 1400. The van der Waals surface area contributed by atoms with Gasteiger partial charge >= 0.3 is 0 Å². The van der Waals surface area contributed by atoms with Gasteiger partial charge in [-0.3, -0.25) is 9.10 Å². The van der Waals surface area contributed by atoms with E-state index >= 15 is 0 Å². The number of aliphatic hydroxyl groups is 1. The Morgan fingerprint density at radius 2 is 1.70 bits per heavy atom. The van der Waals surface area contributed by atoms with Gasteiger partial charge in [-0.1, -0.05) is 62.4 Å². The van der Waals surface area contributed by atoms with E-state index in [9.17, 15) is 18.3 Å². The first kappa shape index (κ1) is 26.3. The topological polar surface area (TPSA) is 113 Å². The van der Waals surface area contributed by atoms with E-state index in [1.165, 1.54) is 30.5 Å². The highest BCUT2D eigenvalue weighted by atomic mass is 32.2. The van der Waals surface area contributed by atoms with Gasteiger partial charge in [0.2, 0.25) is 0 Å². The number of nitrogens with zero attached hydrogens (tertiary/aromatic N) is 1. The Kier molecular flexibility index (Phi) is 7.32. The summed E-state index contributed by atoms with van der Waals surface area (Å²) in [6.07, 6.45) is 1.70. The first-order valence-electron chi connectivity index (χ1n) is 12.3. The third-order valence-corrected chi connectivity index (χ3v) is 8.38. The summed E-state index contributed by atoms with van der Waals surface area (Å²) in [6.45, 7) is 5.79. The minimum atomic E-state index is -3.98. The fourth-order valence-electron chi connectivity index (χ4n) is 4.54. The number of hydrogen-bond donors (Lipinski definition) is 3. The summed E-state index contributed by atoms with van der Waals surface area (Å²) in [5, 5.41) is 14.5. The fourth-order valence-corrected chi connectivity index (χ4v) is 6.02. The first-order chi connectivity index (χ1) is 17.5. The van der Waals surface area contributed by atoms with Gasteiger partial charge in [0.25, 0.3) is 15.9 Å². The molecule has 4 N–H and O–H groups in total. The Morgan fingerprint density at radius 1 is 1.08 bits per heavy atom. The zero-order chi connectivity index (χ0) is 26.8. The van der Waals surface area contributed by atoms with Crippen molar-refractivity contribution in [3.8, 4) is 0 Å². The van der Waals surface area contributed by atoms with Crippen molar-refractivity contribution in [2.75, 3.05) is 12.3 Å². The smallest absolute Gasteiger partial charge is 0.263 e. The van der Waals surface area contributed by atoms with E-state index in [4.69, 9.17) is 5.73 Å². The minimum Gasteiger partial charge on any atom is -0.508 e. The molecule has 1 aliphatic carbocycles. The zero-order valence-electron chi connectivity index (χ0n) is 21.3. The number of hydrogen-bond acceptors (Lipinski definition) is 5. The van der Waals surface area contributed by atoms with Gasteiger partial charge in [-0.2, -0.15) is 0 Å². The quantitative estimate of drug-likeness (QED) is 0.273. The van der Waals surface area contributed by atoms with Crippen molar-refractivity contribution >= 4 is 21.6 Å². The molecule has 37 heavy (non-hydrogen) atoms. The maximum Gasteiger partial charge on any atom is 0.263 e. The highest BCUT2D eigenvalue weighted by molar-refractivity contribution is 7.89. The maximum atomic E-state index is 13.5. The average Bonchev–Trinajstić information content (AvgIpc) is 3.59. The Hall–Kier alpha value is -3.78. The van der Waals surface area contributed by atoms with Gasteiger partial charge in [-0.05, 0) is 60.7 Å². The number of rotatable bonds is 9. The standard InChI is InChI=1S/C29H33N3O4S/c1-20(2)18-32(37(35,36)24-15-13-23(30)14-16-24)19-27(33)29(17-26(29)22-10-5-4-6-11-22)31-28(34)25-12-8-7-9-21(25)3/h4-16,19-20,26,33H,17-18,30H2,1-3H3,(H,31,34)/b27-19-. The minimum absolute atomic E-state index is 0.0192. The molecule has 0 heterocycles. The van der Waals surface area contributed by atoms with E-state index in [1.807, 2.05) is 63.2 Å². The normalized spacial score (nSPS) is 19.5. The largest absolute Gasteiger partial charge is 0.508 e. The van der Waals surface area contributed by atoms with Crippen molar-refractivity contribution in [2.24, 2.45) is 5.92 Å². The molecular formula is C29H33N3O4S. The van der Waals surface area contributed by atoms with Crippen LogP contribution in [0.25, 0.3) is 0 Å². The summed E-state index contributed by atoms with van der Waals surface area (Å²) >= 11 is 0. The lowest BCUT2D eigenvalue weighted by atomic mass is 10.0. The molecule has 3 aromatic rings. The molecule has 3 aromatic carbocycles. The van der Waals surface area contributed by atoms with E-state index in [1.54, 1.807) is 12.1 Å². The molecule has 1 fully saturated rings. The zero-order valence-corrected chi connectivity index (χ0v) is 22.1. The molecule has 8 heteroatoms. The summed E-state index contributed by atoms with van der Waals surface area (Å²) in [6, 6.07) is 22.8. The van der Waals surface area contributed by atoms with Crippen molar-refractivity contribution in [1.82, 2.24) is 9.62 Å². The predicted molar refractivity (Wildman–Crippen MR) is 145 cm³/mol. The molecule has 4 rings (SSSR count). The predicted octanol–water partition coefficient (Wildman–Crippen LogP) is 4.98. The van der Waals surface area contributed by atoms with Crippen LogP contribution in [0.4, 0.5) is 5.69 Å². The number of amides is 1. The van der Waals surface area contributed by atoms with Crippen LogP contribution >= 0.6 is 0 Å². The van der Waals surface area contributed by atoms with Crippen LogP contribution in [0.1, 0.15) is 47.7 Å². The summed E-state index contributed by atoms with van der Waals surface area (Å²) in [4.78, 5) is 13.4. The van der Waals surface area contributed by atoms with Crippen LogP contribution in [0.3, 0.4) is 0 Å². The van der Waals surface area contributed by atoms with E-state index in [0.717, 1.165) is 15.4 Å². The lowest BCUT2D eigenvalue weighted by Gasteiger charge is -2.26. The molecule has 1 saturated carbocycles. The molecule has 7 nitrogen and oxygen atoms in total. The number of carbonyl (C=O) groups is 1. The van der Waals surface area contributed by atoms with E-state index < -0.39 is 15.6 Å². The molecule has 0 saturated heterocycles. The third-order valence-electron chi connectivity index (χ3n) is 6.64. The van der Waals surface area contributed by atoms with Gasteiger partial charge in [0.05, 0.1) is 11.1 Å². The number of benzene rings is 3. The molecule has 1 aliphatic rings. The number of sulfonamides is 1. The van der Waals surface area contributed by atoms with Crippen molar-refractivity contribution in [3.05, 3.63) is 108 Å². The van der Waals surface area contributed by atoms with Crippen LogP contribution in [0, 0.1) is 12.8 Å². The van der Waals surface area contributed by atoms with E-state index in [0.29, 0.717) is 17.7 Å². The monoisotopic (exact) mass is 519 g/mol.